The summed E-state index contributed by atoms with van der Waals surface area (Å²) < 4.78 is 0. The molecule has 0 bridgehead atoms. The monoisotopic (exact) mass is 242 g/mol. The van der Waals surface area contributed by atoms with E-state index in [0.717, 1.165) is 17.5 Å². The van der Waals surface area contributed by atoms with Gasteiger partial charge in [-0.3, -0.25) is 0 Å². The van der Waals surface area contributed by atoms with Gasteiger partial charge in [-0.2, -0.15) is 5.26 Å². The van der Waals surface area contributed by atoms with Gasteiger partial charge in [0.2, 0.25) is 0 Å². The number of hydrogen-bond donors (Lipinski definition) is 1. The second-order valence-corrected chi connectivity index (χ2v) is 4.61. The number of nitriles is 1. The number of allylic oxidation sites excluding steroid dienone is 1. The topological polar surface area (TPSA) is 49.8 Å². The number of hydrogen-bond acceptors (Lipinski definition) is 2. The van der Waals surface area contributed by atoms with Gasteiger partial charge in [0.1, 0.15) is 6.07 Å². The van der Waals surface area contributed by atoms with Gasteiger partial charge in [0.15, 0.2) is 0 Å². The Morgan fingerprint density at radius 3 is 2.72 bits per heavy atom. The van der Waals surface area contributed by atoms with Crippen LogP contribution in [0.15, 0.2) is 18.2 Å². The number of nitrogens with two attached hydrogens (primary N) is 1. The number of nitrogen functional groups attached to an aromatic ring is 1. The van der Waals surface area contributed by atoms with Crippen LogP contribution in [0.25, 0.3) is 6.08 Å². The summed E-state index contributed by atoms with van der Waals surface area (Å²) in [7, 11) is 0. The molecule has 0 heterocycles. The van der Waals surface area contributed by atoms with Gasteiger partial charge in [-0.15, -0.1) is 0 Å². The van der Waals surface area contributed by atoms with Gasteiger partial charge in [-0.25, -0.2) is 0 Å². The van der Waals surface area contributed by atoms with Crippen molar-refractivity contribution >= 4 is 11.8 Å². The van der Waals surface area contributed by atoms with Crippen molar-refractivity contribution in [1.82, 2.24) is 0 Å². The second-order valence-electron chi connectivity index (χ2n) is 4.61. The van der Waals surface area contributed by atoms with E-state index in [2.05, 4.69) is 25.1 Å². The quantitative estimate of drug-likeness (QED) is 0.592. The first-order valence-electron chi connectivity index (χ1n) is 6.66. The summed E-state index contributed by atoms with van der Waals surface area (Å²) in [6.07, 6.45) is 10.5. The van der Waals surface area contributed by atoms with E-state index in [1.165, 1.54) is 25.7 Å². The Bertz CT molecular complexity index is 453. The van der Waals surface area contributed by atoms with E-state index in [-0.39, 0.29) is 0 Å². The lowest BCUT2D eigenvalue weighted by atomic mass is 10.0. The predicted octanol–water partition coefficient (Wildman–Crippen LogP) is 4.43. The molecule has 2 nitrogen and oxygen atoms in total. The van der Waals surface area contributed by atoms with Crippen molar-refractivity contribution < 1.29 is 0 Å². The van der Waals surface area contributed by atoms with Crippen LogP contribution < -0.4 is 5.73 Å². The summed E-state index contributed by atoms with van der Waals surface area (Å²) in [5.74, 6) is 0. The third-order valence-corrected chi connectivity index (χ3v) is 3.17. The maximum Gasteiger partial charge on any atom is 0.102 e. The summed E-state index contributed by atoms with van der Waals surface area (Å²) in [6.45, 7) is 4.17. The highest BCUT2D eigenvalue weighted by Gasteiger charge is 2.04. The van der Waals surface area contributed by atoms with Gasteiger partial charge in [0, 0.05) is 5.69 Å². The molecule has 2 N–H and O–H groups in total. The van der Waals surface area contributed by atoms with Crippen LogP contribution >= 0.6 is 0 Å². The molecule has 0 saturated carbocycles. The summed E-state index contributed by atoms with van der Waals surface area (Å²) in [4.78, 5) is 0. The summed E-state index contributed by atoms with van der Waals surface area (Å²) in [5.41, 5.74) is 9.00. The molecule has 0 amide bonds. The molecule has 0 fully saturated rings. The lowest BCUT2D eigenvalue weighted by Crippen LogP contribution is -1.95. The summed E-state index contributed by atoms with van der Waals surface area (Å²) >= 11 is 0. The molecule has 1 aromatic carbocycles. The van der Waals surface area contributed by atoms with Crippen molar-refractivity contribution in [2.75, 3.05) is 5.73 Å². The Morgan fingerprint density at radius 1 is 1.28 bits per heavy atom. The van der Waals surface area contributed by atoms with Gasteiger partial charge < -0.3 is 5.73 Å². The Kier molecular flexibility index (Phi) is 6.00. The van der Waals surface area contributed by atoms with E-state index >= 15 is 0 Å². The largest absolute Gasteiger partial charge is 0.398 e. The average molecular weight is 242 g/mol. The molecule has 0 aromatic heterocycles. The minimum atomic E-state index is 0.565. The van der Waals surface area contributed by atoms with Crippen molar-refractivity contribution in [2.45, 2.75) is 46.0 Å². The van der Waals surface area contributed by atoms with Crippen LogP contribution in [0.2, 0.25) is 0 Å². The Balaban J connectivity index is 2.63. The number of unbranched alkanes of at least 4 members (excludes halogenated alkanes) is 4. The molecule has 0 aliphatic heterocycles. The number of rotatable bonds is 6. The summed E-state index contributed by atoms with van der Waals surface area (Å²) in [5, 5.41) is 9.04. The molecule has 0 atom stereocenters. The second kappa shape index (κ2) is 7.55. The Hall–Kier alpha value is -1.75. The van der Waals surface area contributed by atoms with E-state index in [0.29, 0.717) is 11.3 Å². The van der Waals surface area contributed by atoms with Crippen LogP contribution in [-0.2, 0) is 0 Å². The lowest BCUT2D eigenvalue weighted by Gasteiger charge is -2.05. The molecule has 1 rings (SSSR count). The van der Waals surface area contributed by atoms with Gasteiger partial charge >= 0.3 is 0 Å². The SMILES string of the molecule is CCCCCC/C=C/c1ccc(N)c(C#N)c1C. The van der Waals surface area contributed by atoms with Gasteiger partial charge in [-0.1, -0.05) is 44.4 Å². The zero-order chi connectivity index (χ0) is 13.4. The maximum absolute atomic E-state index is 9.04. The van der Waals surface area contributed by atoms with E-state index in [1.807, 2.05) is 19.1 Å². The molecule has 18 heavy (non-hydrogen) atoms. The first kappa shape index (κ1) is 14.3. The molecule has 0 radical (unpaired) electrons. The third-order valence-electron chi connectivity index (χ3n) is 3.17. The third kappa shape index (κ3) is 3.92. The highest BCUT2D eigenvalue weighted by Crippen LogP contribution is 2.21. The molecular formula is C16H22N2. The van der Waals surface area contributed by atoms with E-state index < -0.39 is 0 Å². The average Bonchev–Trinajstić information content (AvgIpc) is 2.36. The van der Waals surface area contributed by atoms with E-state index in [4.69, 9.17) is 11.0 Å². The fourth-order valence-electron chi connectivity index (χ4n) is 1.98. The van der Waals surface area contributed by atoms with Crippen LogP contribution in [0, 0.1) is 18.3 Å². The zero-order valence-corrected chi connectivity index (χ0v) is 11.4. The van der Waals surface area contributed by atoms with E-state index in [1.54, 1.807) is 0 Å². The fraction of sp³-hybridized carbons (Fsp3) is 0.438. The lowest BCUT2D eigenvalue weighted by molar-refractivity contribution is 0.675. The normalized spacial score (nSPS) is 10.7. The van der Waals surface area contributed by atoms with Crippen molar-refractivity contribution in [3.63, 3.8) is 0 Å². The molecular weight excluding hydrogens is 220 g/mol. The number of anilines is 1. The van der Waals surface area contributed by atoms with Crippen LogP contribution in [0.1, 0.15) is 55.7 Å². The number of benzene rings is 1. The summed E-state index contributed by atoms with van der Waals surface area (Å²) in [6, 6.07) is 5.95. The standard InChI is InChI=1S/C16H22N2/c1-3-4-5-6-7-8-9-14-10-11-16(18)15(12-17)13(14)2/h8-11H,3-7,18H2,1-2H3/b9-8+. The van der Waals surface area contributed by atoms with E-state index in [9.17, 15) is 0 Å². The maximum atomic E-state index is 9.04. The van der Waals surface area contributed by atoms with Crippen molar-refractivity contribution in [3.8, 4) is 6.07 Å². The van der Waals surface area contributed by atoms with Crippen LogP contribution in [0.3, 0.4) is 0 Å². The zero-order valence-electron chi connectivity index (χ0n) is 11.4. The van der Waals surface area contributed by atoms with Gasteiger partial charge in [0.05, 0.1) is 5.56 Å². The molecule has 2 heteroatoms. The molecule has 0 spiro atoms. The van der Waals surface area contributed by atoms with Gasteiger partial charge in [-0.05, 0) is 37.0 Å². The molecule has 96 valence electrons. The molecule has 0 unspecified atom stereocenters. The highest BCUT2D eigenvalue weighted by molar-refractivity contribution is 5.66. The van der Waals surface area contributed by atoms with Gasteiger partial charge in [0.25, 0.3) is 0 Å². The minimum absolute atomic E-state index is 0.565. The minimum Gasteiger partial charge on any atom is -0.398 e. The van der Waals surface area contributed by atoms with Crippen LogP contribution in [0.4, 0.5) is 5.69 Å². The molecule has 1 aromatic rings. The Labute approximate surface area is 110 Å². The molecule has 0 saturated heterocycles. The van der Waals surface area contributed by atoms with Crippen molar-refractivity contribution in [3.05, 3.63) is 34.9 Å². The molecule has 0 aliphatic rings. The first-order valence-corrected chi connectivity index (χ1v) is 6.66. The number of nitrogens with zero attached hydrogens (tertiary/aromatic N) is 1. The highest BCUT2D eigenvalue weighted by atomic mass is 14.6. The van der Waals surface area contributed by atoms with Crippen LogP contribution in [-0.4, -0.2) is 0 Å². The Morgan fingerprint density at radius 2 is 2.06 bits per heavy atom. The van der Waals surface area contributed by atoms with Crippen molar-refractivity contribution in [1.29, 1.82) is 5.26 Å². The first-order chi connectivity index (χ1) is 8.70. The predicted molar refractivity (Wildman–Crippen MR) is 78.1 cm³/mol. The molecule has 0 aliphatic carbocycles. The van der Waals surface area contributed by atoms with Crippen LogP contribution in [0.5, 0.6) is 0 Å². The fourth-order valence-corrected chi connectivity index (χ4v) is 1.98. The smallest absolute Gasteiger partial charge is 0.102 e. The van der Waals surface area contributed by atoms with Crippen molar-refractivity contribution in [2.24, 2.45) is 0 Å².